The second-order valence-electron chi connectivity index (χ2n) is 4.87. The first-order valence-corrected chi connectivity index (χ1v) is 6.18. The molecule has 2 bridgehead atoms. The van der Waals surface area contributed by atoms with E-state index in [4.69, 9.17) is 14.2 Å². The van der Waals surface area contributed by atoms with Crippen molar-refractivity contribution in [2.45, 2.75) is 31.3 Å². The fourth-order valence-electron chi connectivity index (χ4n) is 2.49. The fraction of sp³-hybridized carbons (Fsp3) is 0.583. The molecule has 0 aliphatic carbocycles. The van der Waals surface area contributed by atoms with Gasteiger partial charge in [-0.15, -0.1) is 0 Å². The van der Waals surface area contributed by atoms with E-state index in [9.17, 15) is 14.7 Å². The Morgan fingerprint density at radius 1 is 1.60 bits per heavy atom. The number of nitrogens with zero attached hydrogens (tertiary/aromatic N) is 2. The summed E-state index contributed by atoms with van der Waals surface area (Å²) in [5.74, 6) is -0.344. The maximum absolute atomic E-state index is 11.5. The lowest BCUT2D eigenvalue weighted by molar-refractivity contribution is -0.153. The van der Waals surface area contributed by atoms with Crippen molar-refractivity contribution in [3.8, 4) is 5.88 Å². The average molecular weight is 282 g/mol. The van der Waals surface area contributed by atoms with E-state index in [1.165, 1.54) is 17.7 Å². The molecule has 2 aliphatic heterocycles. The highest BCUT2D eigenvalue weighted by atomic mass is 16.6. The molecule has 1 fully saturated rings. The SMILES string of the molecule is CC(=O)O[C@H]1[C@@H](O)[C@H]2O[C@@H]1COc1nc(=O)n(C)cc12. The molecule has 1 aromatic heterocycles. The lowest BCUT2D eigenvalue weighted by Gasteiger charge is -2.22. The zero-order valence-electron chi connectivity index (χ0n) is 11.0. The van der Waals surface area contributed by atoms with Crippen molar-refractivity contribution in [1.82, 2.24) is 9.55 Å². The number of ether oxygens (including phenoxy) is 3. The summed E-state index contributed by atoms with van der Waals surface area (Å²) in [5.41, 5.74) is 0.0179. The molecule has 0 radical (unpaired) electrons. The van der Waals surface area contributed by atoms with Gasteiger partial charge in [-0.25, -0.2) is 4.79 Å². The summed E-state index contributed by atoms with van der Waals surface area (Å²) in [4.78, 5) is 26.4. The van der Waals surface area contributed by atoms with Crippen molar-refractivity contribution in [1.29, 1.82) is 0 Å². The molecule has 3 heterocycles. The first-order chi connectivity index (χ1) is 9.47. The maximum Gasteiger partial charge on any atom is 0.350 e. The minimum Gasteiger partial charge on any atom is -0.474 e. The number of carbonyl (C=O) groups excluding carboxylic acids is 1. The molecule has 1 N–H and O–H groups in total. The molecule has 0 spiro atoms. The van der Waals surface area contributed by atoms with Crippen LogP contribution < -0.4 is 10.4 Å². The van der Waals surface area contributed by atoms with Gasteiger partial charge in [0.05, 0.1) is 5.56 Å². The first-order valence-electron chi connectivity index (χ1n) is 6.18. The Kier molecular flexibility index (Phi) is 2.98. The zero-order chi connectivity index (χ0) is 14.4. The summed E-state index contributed by atoms with van der Waals surface area (Å²) in [6.07, 6.45) is -1.62. The molecule has 1 aromatic rings. The molecule has 3 rings (SSSR count). The van der Waals surface area contributed by atoms with Crippen LogP contribution in [-0.4, -0.2) is 45.5 Å². The number of esters is 1. The molecule has 0 unspecified atom stereocenters. The van der Waals surface area contributed by atoms with Crippen molar-refractivity contribution in [3.63, 3.8) is 0 Å². The summed E-state index contributed by atoms with van der Waals surface area (Å²) in [7, 11) is 1.54. The predicted molar refractivity (Wildman–Crippen MR) is 64.1 cm³/mol. The van der Waals surface area contributed by atoms with E-state index in [2.05, 4.69) is 4.98 Å². The summed E-state index contributed by atoms with van der Waals surface area (Å²) in [6.45, 7) is 1.32. The monoisotopic (exact) mass is 282 g/mol. The van der Waals surface area contributed by atoms with Crippen molar-refractivity contribution in [2.75, 3.05) is 6.61 Å². The van der Waals surface area contributed by atoms with Gasteiger partial charge in [0, 0.05) is 20.2 Å². The number of fused-ring (bicyclic) bond motifs is 4. The minimum absolute atomic E-state index is 0.0542. The van der Waals surface area contributed by atoms with Gasteiger partial charge in [0.1, 0.15) is 24.9 Å². The largest absolute Gasteiger partial charge is 0.474 e. The van der Waals surface area contributed by atoms with E-state index in [0.29, 0.717) is 5.56 Å². The van der Waals surface area contributed by atoms with E-state index >= 15 is 0 Å². The van der Waals surface area contributed by atoms with Crippen LogP contribution in [0.5, 0.6) is 5.88 Å². The second kappa shape index (κ2) is 4.57. The van der Waals surface area contributed by atoms with E-state index in [0.717, 1.165) is 0 Å². The molecule has 20 heavy (non-hydrogen) atoms. The maximum atomic E-state index is 11.5. The Morgan fingerprint density at radius 3 is 3.05 bits per heavy atom. The molecular weight excluding hydrogens is 268 g/mol. The summed E-state index contributed by atoms with van der Waals surface area (Å²) >= 11 is 0. The highest BCUT2D eigenvalue weighted by Gasteiger charge is 2.50. The normalized spacial score (nSPS) is 31.1. The lowest BCUT2D eigenvalue weighted by Crippen LogP contribution is -2.39. The van der Waals surface area contributed by atoms with Crippen LogP contribution in [0, 0.1) is 0 Å². The van der Waals surface area contributed by atoms with Crippen LogP contribution in [-0.2, 0) is 21.3 Å². The van der Waals surface area contributed by atoms with Gasteiger partial charge in [0.25, 0.3) is 0 Å². The Balaban J connectivity index is 2.00. The fourth-order valence-corrected chi connectivity index (χ4v) is 2.49. The van der Waals surface area contributed by atoms with Gasteiger partial charge >= 0.3 is 11.7 Å². The van der Waals surface area contributed by atoms with Crippen LogP contribution in [0.1, 0.15) is 18.6 Å². The number of aryl methyl sites for hydroxylation is 1. The second-order valence-corrected chi connectivity index (χ2v) is 4.87. The first kappa shape index (κ1) is 13.1. The number of aliphatic hydroxyl groups is 1. The van der Waals surface area contributed by atoms with Crippen molar-refractivity contribution < 1.29 is 24.1 Å². The number of hydrogen-bond acceptors (Lipinski definition) is 7. The Bertz CT molecular complexity index is 612. The van der Waals surface area contributed by atoms with Gasteiger partial charge in [0.15, 0.2) is 6.10 Å². The van der Waals surface area contributed by atoms with Gasteiger partial charge in [-0.05, 0) is 0 Å². The molecule has 108 valence electrons. The van der Waals surface area contributed by atoms with Crippen LogP contribution in [0.25, 0.3) is 0 Å². The topological polar surface area (TPSA) is 99.9 Å². The Labute approximate surface area is 113 Å². The highest BCUT2D eigenvalue weighted by molar-refractivity contribution is 5.66. The predicted octanol–water partition coefficient (Wildman–Crippen LogP) is -1.09. The third kappa shape index (κ3) is 1.97. The molecule has 0 aromatic carbocycles. The van der Waals surface area contributed by atoms with Gasteiger partial charge in [-0.2, -0.15) is 4.98 Å². The lowest BCUT2D eigenvalue weighted by atomic mass is 10.0. The highest BCUT2D eigenvalue weighted by Crippen LogP contribution is 2.40. The minimum atomic E-state index is -1.02. The molecule has 0 saturated carbocycles. The molecule has 2 aliphatic rings. The third-order valence-electron chi connectivity index (χ3n) is 3.41. The number of aromatic nitrogens is 2. The standard InChI is InChI=1S/C12H14N2O6/c1-5(15)19-10-7-4-18-11-6(9(20-7)8(10)16)3-14(2)12(17)13-11/h3,7-10,16H,4H2,1-2H3/t7-,8+,9+,10-/m1/s1. The quantitative estimate of drug-likeness (QED) is 0.653. The molecule has 4 atom stereocenters. The molecule has 1 saturated heterocycles. The molecule has 8 nitrogen and oxygen atoms in total. The third-order valence-corrected chi connectivity index (χ3v) is 3.41. The Morgan fingerprint density at radius 2 is 2.35 bits per heavy atom. The zero-order valence-corrected chi connectivity index (χ0v) is 11.0. The number of hydrogen-bond donors (Lipinski definition) is 1. The molecule has 0 amide bonds. The summed E-state index contributed by atoms with van der Waals surface area (Å²) in [5, 5.41) is 10.3. The van der Waals surface area contributed by atoms with Crippen molar-refractivity contribution in [3.05, 3.63) is 22.2 Å². The van der Waals surface area contributed by atoms with E-state index in [-0.39, 0.29) is 12.5 Å². The number of carbonyl (C=O) groups is 1. The van der Waals surface area contributed by atoms with E-state index < -0.39 is 36.1 Å². The van der Waals surface area contributed by atoms with Gasteiger partial charge in [0.2, 0.25) is 5.88 Å². The van der Waals surface area contributed by atoms with Crippen molar-refractivity contribution >= 4 is 5.97 Å². The van der Waals surface area contributed by atoms with E-state index in [1.807, 2.05) is 0 Å². The van der Waals surface area contributed by atoms with Crippen LogP contribution >= 0.6 is 0 Å². The van der Waals surface area contributed by atoms with Crippen LogP contribution in [0.3, 0.4) is 0 Å². The smallest absolute Gasteiger partial charge is 0.350 e. The molecular formula is C12H14N2O6. The van der Waals surface area contributed by atoms with Gasteiger partial charge in [-0.1, -0.05) is 0 Å². The van der Waals surface area contributed by atoms with E-state index in [1.54, 1.807) is 7.05 Å². The number of aliphatic hydroxyl groups excluding tert-OH is 1. The molecule has 8 heteroatoms. The summed E-state index contributed by atoms with van der Waals surface area (Å²) in [6, 6.07) is 0. The Hall–Kier alpha value is -1.93. The van der Waals surface area contributed by atoms with Gasteiger partial charge in [-0.3, -0.25) is 4.79 Å². The van der Waals surface area contributed by atoms with Gasteiger partial charge < -0.3 is 23.9 Å². The van der Waals surface area contributed by atoms with Crippen LogP contribution in [0.15, 0.2) is 11.0 Å². The van der Waals surface area contributed by atoms with Crippen LogP contribution in [0.4, 0.5) is 0 Å². The summed E-state index contributed by atoms with van der Waals surface area (Å²) < 4.78 is 17.4. The van der Waals surface area contributed by atoms with Crippen molar-refractivity contribution in [2.24, 2.45) is 7.05 Å². The van der Waals surface area contributed by atoms with Crippen LogP contribution in [0.2, 0.25) is 0 Å². The number of rotatable bonds is 1. The average Bonchev–Trinajstić information content (AvgIpc) is 2.57.